The van der Waals surface area contributed by atoms with E-state index in [0.29, 0.717) is 41.7 Å². The Morgan fingerprint density at radius 3 is 2.19 bits per heavy atom. The van der Waals surface area contributed by atoms with Gasteiger partial charge >= 0.3 is 5.97 Å². The van der Waals surface area contributed by atoms with Crippen molar-refractivity contribution in [1.82, 2.24) is 10.6 Å². The van der Waals surface area contributed by atoms with Gasteiger partial charge < -0.3 is 15.7 Å². The van der Waals surface area contributed by atoms with Crippen LogP contribution in [0.1, 0.15) is 136 Å². The fourth-order valence-corrected chi connectivity index (χ4v) is 13.1. The minimum Gasteiger partial charge on any atom is -0.478 e. The first-order chi connectivity index (χ1) is 22.3. The molecule has 5 aliphatic rings. The Labute approximate surface area is 291 Å². The van der Waals surface area contributed by atoms with E-state index in [-0.39, 0.29) is 38.5 Å². The van der Waals surface area contributed by atoms with Crippen LogP contribution >= 0.6 is 0 Å². The van der Waals surface area contributed by atoms with E-state index in [1.165, 1.54) is 68.1 Å². The third kappa shape index (κ3) is 5.26. The first-order valence-corrected chi connectivity index (χ1v) is 19.0. The number of carbonyl (C=O) groups excluding carboxylic acids is 1. The van der Waals surface area contributed by atoms with Crippen LogP contribution in [0.3, 0.4) is 0 Å². The van der Waals surface area contributed by atoms with Gasteiger partial charge in [0.05, 0.1) is 5.56 Å². The van der Waals surface area contributed by atoms with Crippen molar-refractivity contribution in [2.45, 2.75) is 126 Å². The summed E-state index contributed by atoms with van der Waals surface area (Å²) in [6, 6.07) is 7.59. The largest absolute Gasteiger partial charge is 0.478 e. The number of hydrogen-bond acceptors (Lipinski definition) is 3. The van der Waals surface area contributed by atoms with Gasteiger partial charge in [0.15, 0.2) is 0 Å². The standard InChI is InChI=1S/C43H64N2O3/c1-27(2)30-17-22-43(45-26-25-44-37(48)38(3,4)5)24-23-41(9)32(35(30)43)15-16-34-40(8)20-18-31(28-11-13-29(14-12-28)36(46)47)39(6,7)33(40)19-21-42(34,41)10/h11-14,18,30,32-35,45H,1,15-17,19-26H2,2-10H3,(H,44,48)(H,46,47). The monoisotopic (exact) mass is 656 g/mol. The van der Waals surface area contributed by atoms with E-state index in [4.69, 9.17) is 0 Å². The third-order valence-corrected chi connectivity index (χ3v) is 15.7. The summed E-state index contributed by atoms with van der Waals surface area (Å²) < 4.78 is 0. The summed E-state index contributed by atoms with van der Waals surface area (Å²) in [5.74, 6) is 2.35. The van der Waals surface area contributed by atoms with Crippen molar-refractivity contribution in [3.05, 3.63) is 53.6 Å². The number of hydrogen-bond donors (Lipinski definition) is 3. The predicted octanol–water partition coefficient (Wildman–Crippen LogP) is 9.54. The van der Waals surface area contributed by atoms with Crippen LogP contribution in [0.4, 0.5) is 0 Å². The van der Waals surface area contributed by atoms with E-state index in [0.717, 1.165) is 13.0 Å². The fourth-order valence-electron chi connectivity index (χ4n) is 13.1. The number of fused-ring (bicyclic) bond motifs is 7. The molecule has 5 heteroatoms. The molecule has 3 N–H and O–H groups in total. The lowest BCUT2D eigenvalue weighted by Crippen LogP contribution is -2.68. The summed E-state index contributed by atoms with van der Waals surface area (Å²) in [6.45, 7) is 27.3. The third-order valence-electron chi connectivity index (χ3n) is 15.7. The molecule has 4 fully saturated rings. The van der Waals surface area contributed by atoms with Gasteiger partial charge in [-0.1, -0.05) is 85.8 Å². The highest BCUT2D eigenvalue weighted by Gasteiger charge is 2.70. The van der Waals surface area contributed by atoms with Gasteiger partial charge in [-0.05, 0) is 139 Å². The maximum absolute atomic E-state index is 12.6. The summed E-state index contributed by atoms with van der Waals surface area (Å²) in [5.41, 5.74) is 4.85. The second-order valence-corrected chi connectivity index (χ2v) is 19.2. The zero-order valence-electron chi connectivity index (χ0n) is 31.5. The number of carbonyl (C=O) groups is 2. The highest BCUT2D eigenvalue weighted by Crippen LogP contribution is 2.76. The Morgan fingerprint density at radius 2 is 1.56 bits per heavy atom. The molecule has 48 heavy (non-hydrogen) atoms. The summed E-state index contributed by atoms with van der Waals surface area (Å²) in [7, 11) is 0. The van der Waals surface area contributed by atoms with Gasteiger partial charge in [0.1, 0.15) is 0 Å². The van der Waals surface area contributed by atoms with Crippen LogP contribution in [-0.2, 0) is 4.79 Å². The second kappa shape index (κ2) is 11.8. The molecular formula is C43H64N2O3. The van der Waals surface area contributed by atoms with E-state index >= 15 is 0 Å². The van der Waals surface area contributed by atoms with Gasteiger partial charge in [-0.2, -0.15) is 0 Å². The quantitative estimate of drug-likeness (QED) is 0.202. The average molecular weight is 657 g/mol. The molecule has 0 aliphatic heterocycles. The second-order valence-electron chi connectivity index (χ2n) is 19.2. The molecule has 1 aromatic carbocycles. The molecule has 9 atom stereocenters. The minimum atomic E-state index is -0.867. The number of amides is 1. The van der Waals surface area contributed by atoms with Gasteiger partial charge in [0.25, 0.3) is 0 Å². The number of aromatic carboxylic acids is 1. The van der Waals surface area contributed by atoms with Gasteiger partial charge in [0.2, 0.25) is 5.91 Å². The Balaban J connectivity index is 1.28. The van der Waals surface area contributed by atoms with Crippen molar-refractivity contribution < 1.29 is 14.7 Å². The molecule has 9 unspecified atom stereocenters. The van der Waals surface area contributed by atoms with Gasteiger partial charge in [-0.3, -0.25) is 4.79 Å². The Morgan fingerprint density at radius 1 is 0.875 bits per heavy atom. The molecule has 1 aromatic rings. The highest BCUT2D eigenvalue weighted by atomic mass is 16.4. The number of nitrogens with one attached hydrogen (secondary N) is 2. The summed E-state index contributed by atoms with van der Waals surface area (Å²) in [6.07, 6.45) is 13.7. The molecule has 5 aliphatic carbocycles. The smallest absolute Gasteiger partial charge is 0.335 e. The molecular weight excluding hydrogens is 592 g/mol. The number of carboxylic acids is 1. The SMILES string of the molecule is C=C(C)C1CCC2(NCCNC(=O)C(C)(C)C)CCC3(C)C(CCC4C5(C)CC=C(c6ccc(C(=O)O)cc6)C(C)(C)C5CCC43C)C12. The molecule has 5 nitrogen and oxygen atoms in total. The van der Waals surface area contributed by atoms with Crippen LogP contribution < -0.4 is 10.6 Å². The van der Waals surface area contributed by atoms with Gasteiger partial charge in [0, 0.05) is 24.0 Å². The van der Waals surface area contributed by atoms with Crippen LogP contribution in [-0.4, -0.2) is 35.6 Å². The minimum absolute atomic E-state index is 0.0152. The molecule has 0 bridgehead atoms. The first-order valence-electron chi connectivity index (χ1n) is 19.0. The molecule has 1 amide bonds. The number of allylic oxidation sites excluding steroid dienone is 3. The van der Waals surface area contributed by atoms with Crippen molar-refractivity contribution >= 4 is 17.4 Å². The maximum Gasteiger partial charge on any atom is 0.335 e. The lowest BCUT2D eigenvalue weighted by molar-refractivity contribution is -0.219. The Bertz CT molecular complexity index is 1480. The number of rotatable bonds is 7. The van der Waals surface area contributed by atoms with E-state index in [2.05, 4.69) is 64.8 Å². The lowest BCUT2D eigenvalue weighted by atomic mass is 9.33. The molecule has 6 rings (SSSR count). The van der Waals surface area contributed by atoms with E-state index < -0.39 is 5.97 Å². The van der Waals surface area contributed by atoms with Crippen molar-refractivity contribution in [2.75, 3.05) is 13.1 Å². The Kier molecular flexibility index (Phi) is 8.74. The van der Waals surface area contributed by atoms with Gasteiger partial charge in [-0.25, -0.2) is 4.79 Å². The van der Waals surface area contributed by atoms with Crippen molar-refractivity contribution in [3.8, 4) is 0 Å². The van der Waals surface area contributed by atoms with Crippen LogP contribution in [0.2, 0.25) is 0 Å². The van der Waals surface area contributed by atoms with Crippen LogP contribution in [0.25, 0.3) is 5.57 Å². The highest BCUT2D eigenvalue weighted by molar-refractivity contribution is 5.88. The van der Waals surface area contributed by atoms with E-state index in [1.807, 2.05) is 32.9 Å². The first kappa shape index (κ1) is 35.4. The zero-order chi connectivity index (χ0) is 35.1. The van der Waals surface area contributed by atoms with Crippen molar-refractivity contribution in [3.63, 3.8) is 0 Å². The molecule has 0 radical (unpaired) electrons. The van der Waals surface area contributed by atoms with Crippen LogP contribution in [0, 0.1) is 56.7 Å². The number of carboxylic acid groups (broad SMARTS) is 1. The van der Waals surface area contributed by atoms with Crippen molar-refractivity contribution in [1.29, 1.82) is 0 Å². The summed E-state index contributed by atoms with van der Waals surface area (Å²) in [5, 5.41) is 16.8. The lowest BCUT2D eigenvalue weighted by Gasteiger charge is -2.72. The molecule has 0 heterocycles. The fraction of sp³-hybridized carbons (Fsp3) is 0.721. The topological polar surface area (TPSA) is 78.4 Å². The molecule has 4 saturated carbocycles. The maximum atomic E-state index is 12.6. The number of benzene rings is 1. The van der Waals surface area contributed by atoms with Crippen molar-refractivity contribution in [2.24, 2.45) is 56.7 Å². The molecule has 0 aromatic heterocycles. The van der Waals surface area contributed by atoms with E-state index in [9.17, 15) is 14.7 Å². The zero-order valence-corrected chi connectivity index (χ0v) is 31.5. The van der Waals surface area contributed by atoms with E-state index in [1.54, 1.807) is 12.1 Å². The normalized spacial score (nSPS) is 40.0. The van der Waals surface area contributed by atoms with Crippen LogP contribution in [0.15, 0.2) is 42.5 Å². The average Bonchev–Trinajstić information content (AvgIpc) is 3.39. The molecule has 0 spiro atoms. The van der Waals surface area contributed by atoms with Gasteiger partial charge in [-0.15, -0.1) is 0 Å². The summed E-state index contributed by atoms with van der Waals surface area (Å²) >= 11 is 0. The molecule has 0 saturated heterocycles. The van der Waals surface area contributed by atoms with Crippen LogP contribution in [0.5, 0.6) is 0 Å². The summed E-state index contributed by atoms with van der Waals surface area (Å²) in [4.78, 5) is 24.1. The predicted molar refractivity (Wildman–Crippen MR) is 196 cm³/mol. The Hall–Kier alpha value is -2.40. The molecule has 264 valence electrons.